The van der Waals surface area contributed by atoms with Gasteiger partial charge in [0.15, 0.2) is 6.61 Å². The molecule has 1 aromatic carbocycles. The van der Waals surface area contributed by atoms with Gasteiger partial charge in [0.2, 0.25) is 0 Å². The number of carbonyl (C=O) groups excluding carboxylic acids is 1. The first-order valence-corrected chi connectivity index (χ1v) is 6.95. The zero-order valence-corrected chi connectivity index (χ0v) is 12.0. The van der Waals surface area contributed by atoms with Crippen LogP contribution in [0.4, 0.5) is 5.69 Å². The fourth-order valence-electron chi connectivity index (χ4n) is 2.43. The molecule has 2 aromatic rings. The first-order chi connectivity index (χ1) is 10.1. The Morgan fingerprint density at radius 1 is 1.33 bits per heavy atom. The Bertz CT molecular complexity index is 639. The maximum Gasteiger partial charge on any atom is 0.262 e. The summed E-state index contributed by atoms with van der Waals surface area (Å²) in [4.78, 5) is 18.7. The summed E-state index contributed by atoms with van der Waals surface area (Å²) in [6.07, 6.45) is 3.55. The van der Waals surface area contributed by atoms with E-state index < -0.39 is 0 Å². The molecule has 21 heavy (non-hydrogen) atoms. The number of ether oxygens (including phenoxy) is 1. The smallest absolute Gasteiger partial charge is 0.262 e. The number of carbonyl (C=O) groups is 1. The summed E-state index contributed by atoms with van der Waals surface area (Å²) < 4.78 is 5.36. The number of H-pyrrole nitrogens is 1. The van der Waals surface area contributed by atoms with Crippen molar-refractivity contribution in [1.29, 1.82) is 0 Å². The summed E-state index contributed by atoms with van der Waals surface area (Å²) >= 11 is 0. The van der Waals surface area contributed by atoms with E-state index in [-0.39, 0.29) is 24.6 Å². The highest BCUT2D eigenvalue weighted by Gasteiger charge is 2.18. The Balaban J connectivity index is 1.74. The quantitative estimate of drug-likeness (QED) is 0.804. The summed E-state index contributed by atoms with van der Waals surface area (Å²) in [6.45, 7) is 4.21. The number of nitrogens with one attached hydrogen (secondary N) is 3. The molecule has 0 bridgehead atoms. The Kier molecular flexibility index (Phi) is 3.62. The van der Waals surface area contributed by atoms with Crippen LogP contribution in [-0.4, -0.2) is 22.5 Å². The molecule has 0 aliphatic carbocycles. The van der Waals surface area contributed by atoms with Crippen LogP contribution in [0.15, 0.2) is 30.6 Å². The maximum absolute atomic E-state index is 11.4. The van der Waals surface area contributed by atoms with E-state index in [1.54, 1.807) is 6.20 Å². The van der Waals surface area contributed by atoms with Crippen molar-refractivity contribution >= 4 is 11.6 Å². The molecular formula is C15H18N4O2. The first kappa shape index (κ1) is 13.6. The lowest BCUT2D eigenvalue weighted by atomic mass is 10.1. The number of fused-ring (bicyclic) bond motifs is 1. The molecule has 2 unspecified atom stereocenters. The van der Waals surface area contributed by atoms with E-state index in [9.17, 15) is 4.79 Å². The Hall–Kier alpha value is -2.34. The van der Waals surface area contributed by atoms with Gasteiger partial charge in [0, 0.05) is 18.4 Å². The number of imidazole rings is 1. The summed E-state index contributed by atoms with van der Waals surface area (Å²) in [6, 6.07) is 6.06. The largest absolute Gasteiger partial charge is 0.482 e. The SMILES string of the molecule is CC(NC(C)c1ncc[nH]1)c1ccc2c(c1)NC(=O)CO2. The van der Waals surface area contributed by atoms with Crippen molar-refractivity contribution in [1.82, 2.24) is 15.3 Å². The first-order valence-electron chi connectivity index (χ1n) is 6.95. The molecule has 3 N–H and O–H groups in total. The second-order valence-electron chi connectivity index (χ2n) is 5.18. The van der Waals surface area contributed by atoms with Crippen LogP contribution in [-0.2, 0) is 4.79 Å². The summed E-state index contributed by atoms with van der Waals surface area (Å²) in [7, 11) is 0. The molecule has 0 radical (unpaired) electrons. The zero-order chi connectivity index (χ0) is 14.8. The van der Waals surface area contributed by atoms with Crippen LogP contribution < -0.4 is 15.4 Å². The molecule has 0 saturated carbocycles. The highest BCUT2D eigenvalue weighted by molar-refractivity contribution is 5.95. The molecular weight excluding hydrogens is 268 g/mol. The minimum Gasteiger partial charge on any atom is -0.482 e. The molecule has 6 nitrogen and oxygen atoms in total. The average molecular weight is 286 g/mol. The van der Waals surface area contributed by atoms with Gasteiger partial charge in [-0.05, 0) is 31.5 Å². The summed E-state index contributed by atoms with van der Waals surface area (Å²) in [5, 5.41) is 6.30. The lowest BCUT2D eigenvalue weighted by molar-refractivity contribution is -0.118. The molecule has 1 aliphatic rings. The Morgan fingerprint density at radius 2 is 2.19 bits per heavy atom. The topological polar surface area (TPSA) is 79.0 Å². The lowest BCUT2D eigenvalue weighted by Crippen LogP contribution is -2.26. The fraction of sp³-hybridized carbons (Fsp3) is 0.333. The number of nitrogens with zero attached hydrogens (tertiary/aromatic N) is 1. The third-order valence-electron chi connectivity index (χ3n) is 3.57. The number of aromatic nitrogens is 2. The summed E-state index contributed by atoms with van der Waals surface area (Å²) in [5.41, 5.74) is 1.81. The van der Waals surface area contributed by atoms with E-state index in [1.807, 2.05) is 24.4 Å². The number of hydrogen-bond acceptors (Lipinski definition) is 4. The number of aromatic amines is 1. The average Bonchev–Trinajstić information content (AvgIpc) is 3.00. The number of benzene rings is 1. The van der Waals surface area contributed by atoms with Gasteiger partial charge in [-0.15, -0.1) is 0 Å². The predicted molar refractivity (Wildman–Crippen MR) is 79.1 cm³/mol. The molecule has 0 fully saturated rings. The minimum atomic E-state index is -0.121. The van der Waals surface area contributed by atoms with Crippen molar-refractivity contribution in [3.8, 4) is 5.75 Å². The molecule has 0 saturated heterocycles. The van der Waals surface area contributed by atoms with Crippen LogP contribution >= 0.6 is 0 Å². The molecule has 110 valence electrons. The van der Waals surface area contributed by atoms with Crippen LogP contribution in [0.3, 0.4) is 0 Å². The van der Waals surface area contributed by atoms with Crippen molar-refractivity contribution in [2.24, 2.45) is 0 Å². The van der Waals surface area contributed by atoms with Crippen molar-refractivity contribution in [3.63, 3.8) is 0 Å². The number of anilines is 1. The second kappa shape index (κ2) is 5.57. The molecule has 1 amide bonds. The lowest BCUT2D eigenvalue weighted by Gasteiger charge is -2.22. The molecule has 1 aromatic heterocycles. The van der Waals surface area contributed by atoms with Gasteiger partial charge in [0.1, 0.15) is 11.6 Å². The van der Waals surface area contributed by atoms with Crippen LogP contribution in [0.2, 0.25) is 0 Å². The van der Waals surface area contributed by atoms with Gasteiger partial charge in [-0.2, -0.15) is 0 Å². The molecule has 2 atom stereocenters. The van der Waals surface area contributed by atoms with Crippen molar-refractivity contribution in [2.75, 3.05) is 11.9 Å². The van der Waals surface area contributed by atoms with Gasteiger partial charge in [0.25, 0.3) is 5.91 Å². The molecule has 3 rings (SSSR count). The van der Waals surface area contributed by atoms with E-state index in [0.29, 0.717) is 5.75 Å². The molecule has 6 heteroatoms. The number of rotatable bonds is 4. The van der Waals surface area contributed by atoms with Gasteiger partial charge in [-0.25, -0.2) is 4.98 Å². The number of amides is 1. The van der Waals surface area contributed by atoms with E-state index >= 15 is 0 Å². The van der Waals surface area contributed by atoms with Gasteiger partial charge in [0.05, 0.1) is 11.7 Å². The highest BCUT2D eigenvalue weighted by atomic mass is 16.5. The summed E-state index contributed by atoms with van der Waals surface area (Å²) in [5.74, 6) is 1.49. The minimum absolute atomic E-state index is 0.0790. The third-order valence-corrected chi connectivity index (χ3v) is 3.57. The standard InChI is InChI=1S/C15H18N4O2/c1-9(18-10(2)15-16-5-6-17-15)11-3-4-13-12(7-11)19-14(20)8-21-13/h3-7,9-10,18H,8H2,1-2H3,(H,16,17)(H,19,20). The highest BCUT2D eigenvalue weighted by Crippen LogP contribution is 2.31. The fourth-order valence-corrected chi connectivity index (χ4v) is 2.43. The van der Waals surface area contributed by atoms with E-state index in [1.165, 1.54) is 0 Å². The van der Waals surface area contributed by atoms with Gasteiger partial charge in [-0.3, -0.25) is 4.79 Å². The third kappa shape index (κ3) is 2.90. The van der Waals surface area contributed by atoms with E-state index in [0.717, 1.165) is 17.1 Å². The van der Waals surface area contributed by atoms with Crippen molar-refractivity contribution < 1.29 is 9.53 Å². The van der Waals surface area contributed by atoms with E-state index in [4.69, 9.17) is 4.74 Å². The maximum atomic E-state index is 11.4. The monoisotopic (exact) mass is 286 g/mol. The van der Waals surface area contributed by atoms with Gasteiger partial charge < -0.3 is 20.4 Å². The van der Waals surface area contributed by atoms with Gasteiger partial charge >= 0.3 is 0 Å². The zero-order valence-electron chi connectivity index (χ0n) is 12.0. The molecule has 0 spiro atoms. The Morgan fingerprint density at radius 3 is 2.95 bits per heavy atom. The van der Waals surface area contributed by atoms with Crippen molar-refractivity contribution in [3.05, 3.63) is 42.0 Å². The van der Waals surface area contributed by atoms with E-state index in [2.05, 4.69) is 34.4 Å². The Labute approximate surface area is 122 Å². The second-order valence-corrected chi connectivity index (χ2v) is 5.18. The molecule has 2 heterocycles. The van der Waals surface area contributed by atoms with Crippen LogP contribution in [0, 0.1) is 0 Å². The van der Waals surface area contributed by atoms with Crippen LogP contribution in [0.5, 0.6) is 5.75 Å². The van der Waals surface area contributed by atoms with Crippen LogP contribution in [0.25, 0.3) is 0 Å². The van der Waals surface area contributed by atoms with Crippen LogP contribution in [0.1, 0.15) is 37.3 Å². The van der Waals surface area contributed by atoms with Gasteiger partial charge in [-0.1, -0.05) is 6.07 Å². The predicted octanol–water partition coefficient (Wildman–Crippen LogP) is 2.15. The van der Waals surface area contributed by atoms with Crippen molar-refractivity contribution in [2.45, 2.75) is 25.9 Å². The normalized spacial score (nSPS) is 16.6. The molecule has 1 aliphatic heterocycles. The number of hydrogen-bond donors (Lipinski definition) is 3.